The Morgan fingerprint density at radius 1 is 1.30 bits per heavy atom. The molecule has 1 rings (SSSR count). The third kappa shape index (κ3) is 6.06. The molecule has 0 saturated carbocycles. The summed E-state index contributed by atoms with van der Waals surface area (Å²) in [5, 5.41) is 0. The summed E-state index contributed by atoms with van der Waals surface area (Å²) in [6.45, 7) is 0.171. The molecule has 0 unspecified atom stereocenters. The molecule has 1 heterocycles. The predicted molar refractivity (Wildman–Crippen MR) is 72.2 cm³/mol. The Labute approximate surface area is 117 Å². The Morgan fingerprint density at radius 2 is 1.95 bits per heavy atom. The lowest BCUT2D eigenvalue weighted by Gasteiger charge is -2.16. The van der Waals surface area contributed by atoms with Crippen molar-refractivity contribution in [3.8, 4) is 0 Å². The Kier molecular flexibility index (Phi) is 5.17. The molecule has 0 aliphatic rings. The van der Waals surface area contributed by atoms with Crippen molar-refractivity contribution >= 4 is 25.9 Å². The van der Waals surface area contributed by atoms with E-state index in [1.54, 1.807) is 10.8 Å². The van der Waals surface area contributed by atoms with Gasteiger partial charge in [-0.3, -0.25) is 0 Å². The fourth-order valence-electron chi connectivity index (χ4n) is 1.25. The molecule has 0 spiro atoms. The van der Waals surface area contributed by atoms with Crippen molar-refractivity contribution in [2.24, 2.45) is 0 Å². The number of rotatable bonds is 6. The Bertz CT molecular complexity index is 648. The van der Waals surface area contributed by atoms with Crippen molar-refractivity contribution in [3.63, 3.8) is 0 Å². The van der Waals surface area contributed by atoms with E-state index < -0.39 is 37.4 Å². The molecule has 20 heavy (non-hydrogen) atoms. The predicted octanol–water partition coefficient (Wildman–Crippen LogP) is -0.205. The van der Waals surface area contributed by atoms with Crippen LogP contribution in [0, 0.1) is 0 Å². The molecule has 2 amide bonds. The molecule has 0 aliphatic heterocycles. The van der Waals surface area contributed by atoms with Crippen LogP contribution in [0.25, 0.3) is 0 Å². The highest BCUT2D eigenvalue weighted by molar-refractivity contribution is 7.94. The SMILES string of the molecule is CN(Cc1ccoc1)C(=O)NS(=O)(=O)CCS(C)(=O)=O. The fraction of sp³-hybridized carbons (Fsp3) is 0.500. The van der Waals surface area contributed by atoms with Crippen molar-refractivity contribution in [2.45, 2.75) is 6.54 Å². The minimum Gasteiger partial charge on any atom is -0.472 e. The van der Waals surface area contributed by atoms with Gasteiger partial charge in [-0.05, 0) is 6.07 Å². The van der Waals surface area contributed by atoms with Crippen molar-refractivity contribution < 1.29 is 26.0 Å². The number of hydrogen-bond donors (Lipinski definition) is 1. The van der Waals surface area contributed by atoms with Crippen LogP contribution in [-0.4, -0.2) is 52.6 Å². The molecule has 114 valence electrons. The lowest BCUT2D eigenvalue weighted by molar-refractivity contribution is 0.212. The molecule has 0 saturated heterocycles. The van der Waals surface area contributed by atoms with Gasteiger partial charge >= 0.3 is 6.03 Å². The van der Waals surface area contributed by atoms with Gasteiger partial charge in [-0.25, -0.2) is 26.4 Å². The van der Waals surface area contributed by atoms with E-state index in [4.69, 9.17) is 4.42 Å². The first-order valence-electron chi connectivity index (χ1n) is 5.53. The summed E-state index contributed by atoms with van der Waals surface area (Å²) in [5.74, 6) is -1.20. The molecule has 0 radical (unpaired) electrons. The second kappa shape index (κ2) is 6.27. The van der Waals surface area contributed by atoms with Crippen molar-refractivity contribution in [1.82, 2.24) is 9.62 Å². The number of nitrogens with zero attached hydrogens (tertiary/aromatic N) is 1. The van der Waals surface area contributed by atoms with Crippen molar-refractivity contribution in [3.05, 3.63) is 24.2 Å². The molecule has 0 fully saturated rings. The lowest BCUT2D eigenvalue weighted by Crippen LogP contribution is -2.42. The topological polar surface area (TPSA) is 114 Å². The van der Waals surface area contributed by atoms with Crippen LogP contribution in [0.4, 0.5) is 4.79 Å². The van der Waals surface area contributed by atoms with E-state index in [0.717, 1.165) is 11.2 Å². The van der Waals surface area contributed by atoms with Crippen LogP contribution in [-0.2, 0) is 26.4 Å². The monoisotopic (exact) mass is 324 g/mol. The first kappa shape index (κ1) is 16.5. The number of carbonyl (C=O) groups is 1. The van der Waals surface area contributed by atoms with Crippen LogP contribution >= 0.6 is 0 Å². The van der Waals surface area contributed by atoms with Gasteiger partial charge in [0.1, 0.15) is 9.84 Å². The van der Waals surface area contributed by atoms with E-state index in [2.05, 4.69) is 0 Å². The zero-order chi connectivity index (χ0) is 15.4. The summed E-state index contributed by atoms with van der Waals surface area (Å²) in [7, 11) is -5.98. The highest BCUT2D eigenvalue weighted by atomic mass is 32.2. The van der Waals surface area contributed by atoms with Gasteiger partial charge in [0.15, 0.2) is 0 Å². The summed E-state index contributed by atoms with van der Waals surface area (Å²) in [5.41, 5.74) is 0.705. The minimum atomic E-state index is -3.98. The van der Waals surface area contributed by atoms with E-state index in [1.807, 2.05) is 0 Å². The first-order valence-corrected chi connectivity index (χ1v) is 9.25. The average molecular weight is 324 g/mol. The Morgan fingerprint density at radius 3 is 2.45 bits per heavy atom. The largest absolute Gasteiger partial charge is 0.472 e. The quantitative estimate of drug-likeness (QED) is 0.775. The van der Waals surface area contributed by atoms with Crippen LogP contribution in [0.5, 0.6) is 0 Å². The molecule has 0 atom stereocenters. The van der Waals surface area contributed by atoms with Gasteiger partial charge in [-0.2, -0.15) is 0 Å². The number of nitrogens with one attached hydrogen (secondary N) is 1. The zero-order valence-corrected chi connectivity index (χ0v) is 12.7. The lowest BCUT2D eigenvalue weighted by atomic mass is 10.3. The Hall–Kier alpha value is -1.55. The molecule has 0 aliphatic carbocycles. The van der Waals surface area contributed by atoms with Crippen LogP contribution < -0.4 is 4.72 Å². The number of sulfone groups is 1. The highest BCUT2D eigenvalue weighted by Crippen LogP contribution is 2.04. The molecule has 0 aromatic carbocycles. The van der Waals surface area contributed by atoms with E-state index in [0.29, 0.717) is 5.56 Å². The van der Waals surface area contributed by atoms with Gasteiger partial charge in [0.05, 0.1) is 30.6 Å². The summed E-state index contributed by atoms with van der Waals surface area (Å²) in [6.07, 6.45) is 3.79. The van der Waals surface area contributed by atoms with Crippen LogP contribution in [0.2, 0.25) is 0 Å². The standard InChI is InChI=1S/C10H16N2O6S2/c1-12(7-9-3-4-18-8-9)10(13)11-20(16,17)6-5-19(2,14)15/h3-4,8H,5-7H2,1-2H3,(H,11,13). The van der Waals surface area contributed by atoms with Crippen LogP contribution in [0.1, 0.15) is 5.56 Å². The second-order valence-corrected chi connectivity index (χ2v) is 8.45. The highest BCUT2D eigenvalue weighted by Gasteiger charge is 2.20. The van der Waals surface area contributed by atoms with E-state index in [1.165, 1.54) is 19.6 Å². The maximum atomic E-state index is 11.7. The van der Waals surface area contributed by atoms with Crippen molar-refractivity contribution in [2.75, 3.05) is 24.8 Å². The molecule has 1 aromatic rings. The van der Waals surface area contributed by atoms with Gasteiger partial charge in [0.25, 0.3) is 0 Å². The summed E-state index contributed by atoms with van der Waals surface area (Å²) in [6, 6.07) is 0.807. The number of furan rings is 1. The van der Waals surface area contributed by atoms with Gasteiger partial charge < -0.3 is 9.32 Å². The zero-order valence-electron chi connectivity index (χ0n) is 11.1. The summed E-state index contributed by atoms with van der Waals surface area (Å²) >= 11 is 0. The maximum absolute atomic E-state index is 11.7. The first-order chi connectivity index (χ1) is 9.09. The average Bonchev–Trinajstić information content (AvgIpc) is 2.78. The molecule has 1 aromatic heterocycles. The molecule has 8 nitrogen and oxygen atoms in total. The minimum absolute atomic E-state index is 0.171. The maximum Gasteiger partial charge on any atom is 0.331 e. The fourth-order valence-corrected chi connectivity index (χ4v) is 3.86. The van der Waals surface area contributed by atoms with Gasteiger partial charge in [-0.15, -0.1) is 0 Å². The molecule has 0 bridgehead atoms. The van der Waals surface area contributed by atoms with Crippen LogP contribution in [0.3, 0.4) is 0 Å². The van der Waals surface area contributed by atoms with Gasteiger partial charge in [0.2, 0.25) is 10.0 Å². The number of sulfonamides is 1. The van der Waals surface area contributed by atoms with Crippen LogP contribution in [0.15, 0.2) is 23.0 Å². The number of hydrogen-bond acceptors (Lipinski definition) is 6. The summed E-state index contributed by atoms with van der Waals surface area (Å²) in [4.78, 5) is 12.8. The number of urea groups is 1. The van der Waals surface area contributed by atoms with Crippen molar-refractivity contribution in [1.29, 1.82) is 0 Å². The molecular formula is C10H16N2O6S2. The van der Waals surface area contributed by atoms with Gasteiger partial charge in [0, 0.05) is 18.9 Å². The summed E-state index contributed by atoms with van der Waals surface area (Å²) < 4.78 is 51.6. The molecule has 10 heteroatoms. The normalized spacial score (nSPS) is 12.1. The third-order valence-electron chi connectivity index (χ3n) is 2.31. The Balaban J connectivity index is 2.56. The number of amides is 2. The van der Waals surface area contributed by atoms with E-state index >= 15 is 0 Å². The number of carbonyl (C=O) groups excluding carboxylic acids is 1. The van der Waals surface area contributed by atoms with E-state index in [9.17, 15) is 21.6 Å². The molecule has 1 N–H and O–H groups in total. The van der Waals surface area contributed by atoms with Gasteiger partial charge in [-0.1, -0.05) is 0 Å². The second-order valence-electron chi connectivity index (χ2n) is 4.34. The van der Waals surface area contributed by atoms with E-state index in [-0.39, 0.29) is 6.54 Å². The smallest absolute Gasteiger partial charge is 0.331 e. The third-order valence-corrected chi connectivity index (χ3v) is 4.74. The molecular weight excluding hydrogens is 308 g/mol.